The summed E-state index contributed by atoms with van der Waals surface area (Å²) < 4.78 is 30.8. The van der Waals surface area contributed by atoms with Crippen molar-refractivity contribution in [2.75, 3.05) is 13.7 Å². The van der Waals surface area contributed by atoms with E-state index in [0.717, 1.165) is 37.7 Å². The normalized spacial score (nSPS) is 38.4. The predicted octanol–water partition coefficient (Wildman–Crippen LogP) is 4.35. The molecule has 0 N–H and O–H groups in total. The van der Waals surface area contributed by atoms with Crippen molar-refractivity contribution in [2.45, 2.75) is 69.7 Å². The lowest BCUT2D eigenvalue weighted by molar-refractivity contribution is -0.554. The Morgan fingerprint density at radius 1 is 1.15 bits per heavy atom. The standard InChI is InChI=1S/C21H29FO5/c1-20-12-10-16-4-3-5-17(21(16,27-26-20)19(23-2)25-20)11-13-24-14-15-6-8-18(22)9-7-15/h6-9,16-17,19H,3-5,10-14H2,1-2H3/t16-,17+,19+,20?,21?/m1/s1. The molecule has 150 valence electrons. The molecule has 3 heterocycles. The van der Waals surface area contributed by atoms with Crippen molar-refractivity contribution in [2.24, 2.45) is 11.8 Å². The van der Waals surface area contributed by atoms with Crippen LogP contribution in [0.1, 0.15) is 51.0 Å². The number of ether oxygens (including phenoxy) is 3. The number of rotatable bonds is 6. The smallest absolute Gasteiger partial charge is 0.201 e. The maximum absolute atomic E-state index is 13.0. The quantitative estimate of drug-likeness (QED) is 0.542. The molecule has 4 fully saturated rings. The highest BCUT2D eigenvalue weighted by Gasteiger charge is 2.63. The first-order valence-corrected chi connectivity index (χ1v) is 9.95. The highest BCUT2D eigenvalue weighted by atomic mass is 19.1. The third-order valence-electron chi connectivity index (χ3n) is 6.42. The van der Waals surface area contributed by atoms with E-state index in [4.69, 9.17) is 24.0 Å². The van der Waals surface area contributed by atoms with Crippen LogP contribution >= 0.6 is 0 Å². The van der Waals surface area contributed by atoms with Gasteiger partial charge in [-0.05, 0) is 62.1 Å². The lowest BCUT2D eigenvalue weighted by Gasteiger charge is -2.53. The van der Waals surface area contributed by atoms with E-state index in [0.29, 0.717) is 19.1 Å². The summed E-state index contributed by atoms with van der Waals surface area (Å²) >= 11 is 0. The monoisotopic (exact) mass is 380 g/mol. The molecule has 2 unspecified atom stereocenters. The van der Waals surface area contributed by atoms with E-state index in [1.165, 1.54) is 18.6 Å². The fourth-order valence-corrected chi connectivity index (χ4v) is 4.96. The van der Waals surface area contributed by atoms with Gasteiger partial charge in [-0.1, -0.05) is 18.6 Å². The highest BCUT2D eigenvalue weighted by Crippen LogP contribution is 2.55. The van der Waals surface area contributed by atoms with Gasteiger partial charge in [0.25, 0.3) is 0 Å². The van der Waals surface area contributed by atoms with E-state index in [2.05, 4.69) is 0 Å². The molecular formula is C21H29FO5. The van der Waals surface area contributed by atoms with Crippen LogP contribution in [-0.2, 0) is 30.6 Å². The minimum atomic E-state index is -0.729. The van der Waals surface area contributed by atoms with E-state index >= 15 is 0 Å². The van der Waals surface area contributed by atoms with Crippen molar-refractivity contribution in [3.05, 3.63) is 35.6 Å². The van der Waals surface area contributed by atoms with Crippen LogP contribution in [0.2, 0.25) is 0 Å². The van der Waals surface area contributed by atoms with Crippen LogP contribution in [0.15, 0.2) is 24.3 Å². The zero-order valence-corrected chi connectivity index (χ0v) is 16.1. The molecule has 6 heteroatoms. The van der Waals surface area contributed by atoms with E-state index < -0.39 is 17.7 Å². The maximum atomic E-state index is 13.0. The van der Waals surface area contributed by atoms with Crippen molar-refractivity contribution >= 4 is 0 Å². The summed E-state index contributed by atoms with van der Waals surface area (Å²) in [5.74, 6) is -0.349. The summed E-state index contributed by atoms with van der Waals surface area (Å²) in [4.78, 5) is 11.8. The lowest BCUT2D eigenvalue weighted by atomic mass is 9.65. The molecule has 4 aliphatic rings. The molecule has 5 atom stereocenters. The minimum absolute atomic E-state index is 0.230. The van der Waals surface area contributed by atoms with Crippen molar-refractivity contribution in [1.82, 2.24) is 0 Å². The molecule has 0 radical (unpaired) electrons. The van der Waals surface area contributed by atoms with E-state index in [9.17, 15) is 4.39 Å². The Hall–Kier alpha value is -1.05. The van der Waals surface area contributed by atoms with Gasteiger partial charge in [0.1, 0.15) is 5.82 Å². The highest BCUT2D eigenvalue weighted by molar-refractivity contribution is 5.15. The van der Waals surface area contributed by atoms with Crippen molar-refractivity contribution in [1.29, 1.82) is 0 Å². The molecule has 1 aliphatic carbocycles. The van der Waals surface area contributed by atoms with Crippen LogP contribution in [0.5, 0.6) is 0 Å². The van der Waals surface area contributed by atoms with Gasteiger partial charge in [0.05, 0.1) is 6.61 Å². The number of methoxy groups -OCH3 is 1. The molecule has 1 aromatic rings. The van der Waals surface area contributed by atoms with Crippen LogP contribution in [0.4, 0.5) is 4.39 Å². The fraction of sp³-hybridized carbons (Fsp3) is 0.714. The van der Waals surface area contributed by atoms with Gasteiger partial charge in [-0.2, -0.15) is 0 Å². The average molecular weight is 380 g/mol. The Balaban J connectivity index is 1.41. The van der Waals surface area contributed by atoms with E-state index in [1.54, 1.807) is 19.2 Å². The van der Waals surface area contributed by atoms with Gasteiger partial charge in [-0.3, -0.25) is 0 Å². The van der Waals surface area contributed by atoms with Gasteiger partial charge in [-0.15, -0.1) is 0 Å². The zero-order chi connectivity index (χ0) is 18.9. The van der Waals surface area contributed by atoms with Crippen LogP contribution in [-0.4, -0.2) is 31.4 Å². The number of halogens is 1. The van der Waals surface area contributed by atoms with Gasteiger partial charge in [-0.25, -0.2) is 14.2 Å². The fourth-order valence-electron chi connectivity index (χ4n) is 4.96. The van der Waals surface area contributed by atoms with Crippen LogP contribution in [0.3, 0.4) is 0 Å². The zero-order valence-electron chi connectivity index (χ0n) is 16.1. The first-order valence-electron chi connectivity index (χ1n) is 9.95. The third kappa shape index (κ3) is 3.66. The molecule has 0 amide bonds. The van der Waals surface area contributed by atoms with Gasteiger partial charge in [0.2, 0.25) is 5.79 Å². The first-order chi connectivity index (χ1) is 13.1. The minimum Gasteiger partial charge on any atom is -0.377 e. The van der Waals surface area contributed by atoms with Crippen molar-refractivity contribution in [3.63, 3.8) is 0 Å². The second-order valence-electron chi connectivity index (χ2n) is 8.17. The Bertz CT molecular complexity index is 638. The topological polar surface area (TPSA) is 46.2 Å². The summed E-state index contributed by atoms with van der Waals surface area (Å²) in [7, 11) is 1.68. The van der Waals surface area contributed by atoms with Gasteiger partial charge < -0.3 is 14.2 Å². The Kier molecular flexibility index (Phi) is 5.54. The molecule has 5 rings (SSSR count). The second kappa shape index (κ2) is 7.76. The molecule has 3 aliphatic heterocycles. The van der Waals surface area contributed by atoms with Crippen molar-refractivity contribution < 1.29 is 28.4 Å². The summed E-state index contributed by atoms with van der Waals surface area (Å²) in [6, 6.07) is 6.42. The summed E-state index contributed by atoms with van der Waals surface area (Å²) in [5.41, 5.74) is 0.402. The molecular weight excluding hydrogens is 351 g/mol. The number of hydrogen-bond acceptors (Lipinski definition) is 5. The molecule has 1 saturated carbocycles. The number of fused-ring (bicyclic) bond motifs is 3. The molecule has 1 aromatic carbocycles. The summed E-state index contributed by atoms with van der Waals surface area (Å²) in [6.07, 6.45) is 5.57. The predicted molar refractivity (Wildman–Crippen MR) is 95.9 cm³/mol. The largest absolute Gasteiger partial charge is 0.377 e. The van der Waals surface area contributed by atoms with Gasteiger partial charge in [0.15, 0.2) is 11.9 Å². The van der Waals surface area contributed by atoms with Crippen molar-refractivity contribution in [3.8, 4) is 0 Å². The van der Waals surface area contributed by atoms with Crippen LogP contribution in [0, 0.1) is 17.7 Å². The molecule has 3 saturated heterocycles. The Morgan fingerprint density at radius 2 is 1.96 bits per heavy atom. The van der Waals surface area contributed by atoms with Crippen LogP contribution in [0.25, 0.3) is 0 Å². The molecule has 1 spiro atoms. The molecule has 0 aromatic heterocycles. The van der Waals surface area contributed by atoms with E-state index in [-0.39, 0.29) is 11.7 Å². The van der Waals surface area contributed by atoms with E-state index in [1.807, 2.05) is 6.92 Å². The first kappa shape index (κ1) is 19.3. The SMILES string of the molecule is CO[C@H]1OC2(C)CC[C@H]3CCC[C@@H](CCOCc4ccc(F)cc4)C31OO2. The van der Waals surface area contributed by atoms with Gasteiger partial charge >= 0.3 is 0 Å². The summed E-state index contributed by atoms with van der Waals surface area (Å²) in [6.45, 7) is 3.00. The second-order valence-corrected chi connectivity index (χ2v) is 8.17. The summed E-state index contributed by atoms with van der Waals surface area (Å²) in [5, 5.41) is 0. The molecule has 27 heavy (non-hydrogen) atoms. The maximum Gasteiger partial charge on any atom is 0.201 e. The average Bonchev–Trinajstić information content (AvgIpc) is 2.91. The van der Waals surface area contributed by atoms with Gasteiger partial charge in [0, 0.05) is 20.1 Å². The molecule has 2 bridgehead atoms. The number of hydrogen-bond donors (Lipinski definition) is 0. The Morgan fingerprint density at radius 3 is 2.74 bits per heavy atom. The van der Waals surface area contributed by atoms with Crippen LogP contribution < -0.4 is 0 Å². The third-order valence-corrected chi connectivity index (χ3v) is 6.42. The Labute approximate surface area is 160 Å². The molecule has 5 nitrogen and oxygen atoms in total. The number of benzene rings is 1. The lowest BCUT2D eigenvalue weighted by Crippen LogP contribution is -2.63.